The molecule has 3 rings (SSSR count). The van der Waals surface area contributed by atoms with Crippen LogP contribution in [0.2, 0.25) is 0 Å². The molecule has 2 unspecified atom stereocenters. The van der Waals surface area contributed by atoms with Crippen molar-refractivity contribution in [3.8, 4) is 0 Å². The second kappa shape index (κ2) is 4.58. The Labute approximate surface area is 118 Å². The summed E-state index contributed by atoms with van der Waals surface area (Å²) in [6, 6.07) is 5.44. The average Bonchev–Trinajstić information content (AvgIpc) is 3.28. The summed E-state index contributed by atoms with van der Waals surface area (Å²) >= 11 is 0. The Balaban J connectivity index is 1.88. The summed E-state index contributed by atoms with van der Waals surface area (Å²) in [4.78, 5) is 30.7. The van der Waals surface area contributed by atoms with E-state index in [1.165, 1.54) is 0 Å². The van der Waals surface area contributed by atoms with Gasteiger partial charge in [-0.3, -0.25) is 14.6 Å². The third kappa shape index (κ3) is 2.07. The lowest BCUT2D eigenvalue weighted by Crippen LogP contribution is -2.66. The van der Waals surface area contributed by atoms with Crippen molar-refractivity contribution in [3.63, 3.8) is 0 Å². The van der Waals surface area contributed by atoms with Crippen LogP contribution in [0.25, 0.3) is 0 Å². The molecule has 2 aliphatic rings. The zero-order valence-corrected chi connectivity index (χ0v) is 11.8. The Bertz CT molecular complexity index is 541. The molecule has 2 heterocycles. The van der Waals surface area contributed by atoms with Crippen molar-refractivity contribution < 1.29 is 9.59 Å². The van der Waals surface area contributed by atoms with E-state index in [9.17, 15) is 9.59 Å². The number of rotatable bonds is 3. The van der Waals surface area contributed by atoms with E-state index < -0.39 is 5.54 Å². The Morgan fingerprint density at radius 1 is 1.40 bits per heavy atom. The van der Waals surface area contributed by atoms with Crippen LogP contribution in [0.15, 0.2) is 24.4 Å². The largest absolute Gasteiger partial charge is 0.340 e. The van der Waals surface area contributed by atoms with Crippen molar-refractivity contribution in [2.24, 2.45) is 5.92 Å². The minimum Gasteiger partial charge on any atom is -0.340 e. The number of nitrogens with one attached hydrogen (secondary N) is 1. The highest BCUT2D eigenvalue weighted by atomic mass is 16.2. The zero-order chi connectivity index (χ0) is 14.3. The summed E-state index contributed by atoms with van der Waals surface area (Å²) in [6.07, 6.45) is 3.73. The van der Waals surface area contributed by atoms with Gasteiger partial charge in [-0.2, -0.15) is 0 Å². The van der Waals surface area contributed by atoms with Gasteiger partial charge >= 0.3 is 0 Å². The first-order valence-corrected chi connectivity index (χ1v) is 7.05. The van der Waals surface area contributed by atoms with Crippen LogP contribution < -0.4 is 5.32 Å². The number of nitrogens with zero attached hydrogens (tertiary/aromatic N) is 2. The number of carbonyl (C=O) groups excluding carboxylic acids is 2. The van der Waals surface area contributed by atoms with E-state index in [2.05, 4.69) is 10.3 Å². The van der Waals surface area contributed by atoms with Gasteiger partial charge in [0.05, 0.1) is 11.7 Å². The van der Waals surface area contributed by atoms with Gasteiger partial charge in [-0.05, 0) is 44.7 Å². The predicted octanol–water partition coefficient (Wildman–Crippen LogP) is 1.27. The number of hydrogen-bond acceptors (Lipinski definition) is 3. The van der Waals surface area contributed by atoms with E-state index in [1.807, 2.05) is 32.0 Å². The Hall–Kier alpha value is -1.91. The lowest BCUT2D eigenvalue weighted by atomic mass is 9.90. The molecule has 1 aromatic rings. The molecule has 1 N–H and O–H groups in total. The fourth-order valence-corrected chi connectivity index (χ4v) is 2.94. The molecule has 20 heavy (non-hydrogen) atoms. The van der Waals surface area contributed by atoms with Gasteiger partial charge in [0, 0.05) is 6.20 Å². The van der Waals surface area contributed by atoms with Gasteiger partial charge < -0.3 is 10.2 Å². The third-order valence-electron chi connectivity index (χ3n) is 4.40. The summed E-state index contributed by atoms with van der Waals surface area (Å²) in [7, 11) is 0. The maximum atomic E-state index is 12.8. The van der Waals surface area contributed by atoms with Gasteiger partial charge in [-0.1, -0.05) is 6.07 Å². The van der Waals surface area contributed by atoms with Gasteiger partial charge in [-0.25, -0.2) is 0 Å². The third-order valence-corrected chi connectivity index (χ3v) is 4.40. The fraction of sp³-hybridized carbons (Fsp3) is 0.533. The maximum Gasteiger partial charge on any atom is 0.249 e. The summed E-state index contributed by atoms with van der Waals surface area (Å²) in [5, 5.41) is 2.89. The molecule has 2 fully saturated rings. The molecule has 1 aliphatic heterocycles. The molecular formula is C15H19N3O2. The zero-order valence-electron chi connectivity index (χ0n) is 11.8. The van der Waals surface area contributed by atoms with Crippen molar-refractivity contribution in [2.45, 2.75) is 38.3 Å². The highest BCUT2D eigenvalue weighted by Crippen LogP contribution is 2.42. The van der Waals surface area contributed by atoms with Crippen molar-refractivity contribution >= 4 is 11.8 Å². The van der Waals surface area contributed by atoms with E-state index in [1.54, 1.807) is 11.1 Å². The molecule has 5 heteroatoms. The molecule has 1 aromatic heterocycles. The quantitative estimate of drug-likeness (QED) is 0.902. The monoisotopic (exact) mass is 273 g/mol. The molecule has 1 saturated carbocycles. The summed E-state index contributed by atoms with van der Waals surface area (Å²) in [5.74, 6) is 0.206. The minimum atomic E-state index is -0.738. The smallest absolute Gasteiger partial charge is 0.249 e. The summed E-state index contributed by atoms with van der Waals surface area (Å²) in [6.45, 7) is 3.88. The van der Waals surface area contributed by atoms with Gasteiger partial charge in [-0.15, -0.1) is 0 Å². The second-order valence-electron chi connectivity index (χ2n) is 5.89. The standard InChI is InChI=1S/C15H19N3O2/c1-10(12-5-3-4-8-16-12)18-9-13(19)17-15(2,14(18)20)11-6-7-11/h3-5,8,10-11H,6-7,9H2,1-2H3,(H,17,19). The highest BCUT2D eigenvalue weighted by Gasteiger charge is 2.53. The second-order valence-corrected chi connectivity index (χ2v) is 5.89. The number of piperazine rings is 1. The Kier molecular flexibility index (Phi) is 3.00. The van der Waals surface area contributed by atoms with Gasteiger partial charge in [0.2, 0.25) is 11.8 Å². The molecule has 1 aliphatic carbocycles. The van der Waals surface area contributed by atoms with Crippen molar-refractivity contribution in [1.82, 2.24) is 15.2 Å². The lowest BCUT2D eigenvalue weighted by molar-refractivity contribution is -0.152. The molecule has 5 nitrogen and oxygen atoms in total. The first kappa shape index (κ1) is 13.1. The first-order chi connectivity index (χ1) is 9.52. The van der Waals surface area contributed by atoms with Crippen LogP contribution in [0.3, 0.4) is 0 Å². The number of hydrogen-bond donors (Lipinski definition) is 1. The molecule has 2 amide bonds. The predicted molar refractivity (Wildman–Crippen MR) is 73.6 cm³/mol. The average molecular weight is 273 g/mol. The summed E-state index contributed by atoms with van der Waals surface area (Å²) < 4.78 is 0. The Morgan fingerprint density at radius 3 is 2.75 bits per heavy atom. The molecule has 106 valence electrons. The summed E-state index contributed by atoms with van der Waals surface area (Å²) in [5.41, 5.74) is 0.0759. The topological polar surface area (TPSA) is 62.3 Å². The van der Waals surface area contributed by atoms with Crippen molar-refractivity contribution in [2.75, 3.05) is 6.54 Å². The first-order valence-electron chi connectivity index (χ1n) is 7.05. The number of pyridine rings is 1. The van der Waals surface area contributed by atoms with Crippen LogP contribution >= 0.6 is 0 Å². The van der Waals surface area contributed by atoms with E-state index in [-0.39, 0.29) is 30.3 Å². The van der Waals surface area contributed by atoms with Crippen LogP contribution in [-0.2, 0) is 9.59 Å². The van der Waals surface area contributed by atoms with E-state index in [0.717, 1.165) is 18.5 Å². The van der Waals surface area contributed by atoms with Crippen molar-refractivity contribution in [3.05, 3.63) is 30.1 Å². The molecular weight excluding hydrogens is 254 g/mol. The van der Waals surface area contributed by atoms with Crippen molar-refractivity contribution in [1.29, 1.82) is 0 Å². The van der Waals surface area contributed by atoms with E-state index >= 15 is 0 Å². The lowest BCUT2D eigenvalue weighted by Gasteiger charge is -2.42. The number of aromatic nitrogens is 1. The highest BCUT2D eigenvalue weighted by molar-refractivity contribution is 5.98. The molecule has 2 atom stereocenters. The number of amides is 2. The van der Waals surface area contributed by atoms with Gasteiger partial charge in [0.15, 0.2) is 0 Å². The molecule has 1 saturated heterocycles. The SMILES string of the molecule is CC(c1ccccn1)N1CC(=O)NC(C)(C2CC2)C1=O. The van der Waals surface area contributed by atoms with Gasteiger partial charge in [0.1, 0.15) is 12.1 Å². The molecule has 0 aromatic carbocycles. The Morgan fingerprint density at radius 2 is 2.15 bits per heavy atom. The van der Waals surface area contributed by atoms with E-state index in [4.69, 9.17) is 0 Å². The van der Waals surface area contributed by atoms with Crippen LogP contribution in [0.1, 0.15) is 38.4 Å². The van der Waals surface area contributed by atoms with E-state index in [0.29, 0.717) is 0 Å². The van der Waals surface area contributed by atoms with Gasteiger partial charge in [0.25, 0.3) is 0 Å². The fourth-order valence-electron chi connectivity index (χ4n) is 2.94. The van der Waals surface area contributed by atoms with Crippen LogP contribution in [0.5, 0.6) is 0 Å². The van der Waals surface area contributed by atoms with Crippen LogP contribution in [-0.4, -0.2) is 33.8 Å². The number of carbonyl (C=O) groups is 2. The van der Waals surface area contributed by atoms with Crippen LogP contribution in [0, 0.1) is 5.92 Å². The normalized spacial score (nSPS) is 28.2. The molecule has 0 radical (unpaired) electrons. The maximum absolute atomic E-state index is 12.8. The molecule has 0 bridgehead atoms. The molecule has 0 spiro atoms. The van der Waals surface area contributed by atoms with Crippen LogP contribution in [0.4, 0.5) is 0 Å². The minimum absolute atomic E-state index is 0.0118.